The molecule has 0 aromatic carbocycles. The molecule has 37 heavy (non-hydrogen) atoms. The number of hydrogen-bond acceptors (Lipinski definition) is 8. The summed E-state index contributed by atoms with van der Waals surface area (Å²) in [5.74, 6) is -1.82. The standard InChI is InChI=1S/C25H18ClFN6O3S/c1-2-16-3-5-18(24(34)32(16)12-15-7-9-28-10-8-15)22-21(27)23(29-11-17-4-6-20(26)37-17)33(31-22)25(35)19-13-36-14-30-19/h2-10,13-14,29H,1,11-12H2. The van der Waals surface area contributed by atoms with Crippen LogP contribution in [0.3, 0.4) is 0 Å². The Morgan fingerprint density at radius 1 is 1.22 bits per heavy atom. The van der Waals surface area contributed by atoms with Gasteiger partial charge in [0.05, 0.1) is 23.0 Å². The molecule has 0 aliphatic rings. The number of nitrogens with zero attached hydrogens (tertiary/aromatic N) is 5. The minimum atomic E-state index is -0.863. The van der Waals surface area contributed by atoms with E-state index in [0.717, 1.165) is 27.8 Å². The third kappa shape index (κ3) is 4.86. The number of thiophene rings is 1. The van der Waals surface area contributed by atoms with Gasteiger partial charge in [-0.2, -0.15) is 9.78 Å². The molecule has 0 spiro atoms. The highest BCUT2D eigenvalue weighted by Gasteiger charge is 2.27. The van der Waals surface area contributed by atoms with Gasteiger partial charge < -0.3 is 14.3 Å². The van der Waals surface area contributed by atoms with Crippen LogP contribution < -0.4 is 10.9 Å². The molecule has 0 saturated heterocycles. The third-order valence-electron chi connectivity index (χ3n) is 5.49. The molecule has 0 unspecified atom stereocenters. The lowest BCUT2D eigenvalue weighted by molar-refractivity contribution is 0.0942. The van der Waals surface area contributed by atoms with Gasteiger partial charge >= 0.3 is 5.91 Å². The van der Waals surface area contributed by atoms with Crippen molar-refractivity contribution in [3.8, 4) is 11.3 Å². The third-order valence-corrected chi connectivity index (χ3v) is 6.72. The first-order valence-corrected chi connectivity index (χ1v) is 12.1. The molecule has 0 fully saturated rings. The zero-order valence-corrected chi connectivity index (χ0v) is 20.7. The van der Waals surface area contributed by atoms with Crippen LogP contribution in [0.15, 0.2) is 77.2 Å². The number of pyridine rings is 2. The van der Waals surface area contributed by atoms with Gasteiger partial charge in [-0.15, -0.1) is 11.3 Å². The number of halogens is 2. The topological polar surface area (TPSA) is 108 Å². The first-order chi connectivity index (χ1) is 18.0. The summed E-state index contributed by atoms with van der Waals surface area (Å²) < 4.78 is 23.6. The Kier molecular flexibility index (Phi) is 6.80. The van der Waals surface area contributed by atoms with Crippen molar-refractivity contribution < 1.29 is 13.6 Å². The number of hydrogen-bond donors (Lipinski definition) is 1. The molecule has 5 aromatic heterocycles. The number of oxazole rings is 1. The monoisotopic (exact) mass is 536 g/mol. The molecule has 0 atom stereocenters. The maximum absolute atomic E-state index is 15.9. The highest BCUT2D eigenvalue weighted by molar-refractivity contribution is 7.16. The molecule has 186 valence electrons. The van der Waals surface area contributed by atoms with Crippen molar-refractivity contribution in [1.29, 1.82) is 0 Å². The van der Waals surface area contributed by atoms with E-state index in [1.807, 2.05) is 0 Å². The van der Waals surface area contributed by atoms with Gasteiger partial charge in [-0.3, -0.25) is 14.6 Å². The Bertz CT molecular complexity index is 1640. The normalized spacial score (nSPS) is 11.0. The van der Waals surface area contributed by atoms with Crippen LogP contribution in [0.2, 0.25) is 4.34 Å². The lowest BCUT2D eigenvalue weighted by Gasteiger charge is -2.12. The largest absolute Gasteiger partial charge is 0.451 e. The lowest BCUT2D eigenvalue weighted by Crippen LogP contribution is -2.24. The number of anilines is 1. The molecule has 0 saturated carbocycles. The molecule has 0 radical (unpaired) electrons. The minimum absolute atomic E-state index is 0.0222. The Balaban J connectivity index is 1.60. The van der Waals surface area contributed by atoms with E-state index >= 15 is 4.39 Å². The van der Waals surface area contributed by atoms with Gasteiger partial charge in [0.25, 0.3) is 5.56 Å². The van der Waals surface area contributed by atoms with Crippen LogP contribution >= 0.6 is 22.9 Å². The second-order valence-corrected chi connectivity index (χ2v) is 9.58. The summed E-state index contributed by atoms with van der Waals surface area (Å²) in [5.41, 5.74) is 0.480. The molecule has 5 aromatic rings. The highest BCUT2D eigenvalue weighted by Crippen LogP contribution is 2.28. The zero-order chi connectivity index (χ0) is 25.9. The molecule has 12 heteroatoms. The maximum Gasteiger partial charge on any atom is 0.302 e. The quantitative estimate of drug-likeness (QED) is 0.299. The SMILES string of the molecule is C=Cc1ccc(-c2nn(C(=O)c3cocn3)c(NCc3ccc(Cl)s3)c2F)c(=O)n1Cc1ccncc1. The predicted octanol–water partition coefficient (Wildman–Crippen LogP) is 4.94. The summed E-state index contributed by atoms with van der Waals surface area (Å²) in [4.78, 5) is 35.3. The molecule has 0 aliphatic heterocycles. The van der Waals surface area contributed by atoms with Gasteiger partial charge in [-0.25, -0.2) is 9.37 Å². The van der Waals surface area contributed by atoms with Gasteiger partial charge in [-0.1, -0.05) is 18.2 Å². The van der Waals surface area contributed by atoms with Crippen LogP contribution in [0.4, 0.5) is 10.2 Å². The predicted molar refractivity (Wildman–Crippen MR) is 138 cm³/mol. The van der Waals surface area contributed by atoms with Crippen LogP contribution in [0, 0.1) is 5.82 Å². The number of nitrogens with one attached hydrogen (secondary N) is 1. The van der Waals surface area contributed by atoms with Crippen molar-refractivity contribution in [3.05, 3.63) is 110 Å². The summed E-state index contributed by atoms with van der Waals surface area (Å²) >= 11 is 7.31. The molecule has 9 nitrogen and oxygen atoms in total. The van der Waals surface area contributed by atoms with Crippen molar-refractivity contribution >= 4 is 40.7 Å². The molecule has 5 rings (SSSR count). The van der Waals surface area contributed by atoms with Crippen LogP contribution in [-0.4, -0.2) is 30.2 Å². The average molecular weight is 537 g/mol. The lowest BCUT2D eigenvalue weighted by atomic mass is 10.1. The summed E-state index contributed by atoms with van der Waals surface area (Å²) in [6.45, 7) is 4.16. The van der Waals surface area contributed by atoms with E-state index in [-0.39, 0.29) is 35.9 Å². The Morgan fingerprint density at radius 2 is 2.03 bits per heavy atom. The first kappa shape index (κ1) is 24.3. The minimum Gasteiger partial charge on any atom is -0.451 e. The Hall–Kier alpha value is -4.35. The summed E-state index contributed by atoms with van der Waals surface area (Å²) in [6.07, 6.45) is 6.99. The summed E-state index contributed by atoms with van der Waals surface area (Å²) in [6, 6.07) is 10.2. The molecule has 0 aliphatic carbocycles. The molecule has 0 amide bonds. The molecule has 1 N–H and O–H groups in total. The molecule has 0 bridgehead atoms. The second kappa shape index (κ2) is 10.3. The van der Waals surface area contributed by atoms with E-state index in [0.29, 0.717) is 10.0 Å². The molecular weight excluding hydrogens is 519 g/mol. The number of carbonyl (C=O) groups is 1. The van der Waals surface area contributed by atoms with E-state index in [9.17, 15) is 9.59 Å². The van der Waals surface area contributed by atoms with Gasteiger partial charge in [0, 0.05) is 23.0 Å². The van der Waals surface area contributed by atoms with Crippen LogP contribution in [0.25, 0.3) is 17.3 Å². The maximum atomic E-state index is 15.9. The second-order valence-electron chi connectivity index (χ2n) is 7.78. The van der Waals surface area contributed by atoms with Crippen LogP contribution in [0.1, 0.15) is 26.6 Å². The number of carbonyl (C=O) groups excluding carboxylic acids is 1. The van der Waals surface area contributed by atoms with Gasteiger partial charge in [0.2, 0.25) is 0 Å². The van der Waals surface area contributed by atoms with Crippen molar-refractivity contribution in [3.63, 3.8) is 0 Å². The van der Waals surface area contributed by atoms with Gasteiger partial charge in [0.15, 0.2) is 23.7 Å². The smallest absolute Gasteiger partial charge is 0.302 e. The average Bonchev–Trinajstić information content (AvgIpc) is 3.65. The first-order valence-electron chi connectivity index (χ1n) is 10.9. The van der Waals surface area contributed by atoms with E-state index in [1.54, 1.807) is 42.7 Å². The molecular formula is C25H18ClFN6O3S. The fourth-order valence-electron chi connectivity index (χ4n) is 3.70. The number of aromatic nitrogens is 5. The van der Waals surface area contributed by atoms with E-state index < -0.39 is 17.3 Å². The van der Waals surface area contributed by atoms with Gasteiger partial charge in [-0.05, 0) is 48.0 Å². The number of rotatable bonds is 8. The summed E-state index contributed by atoms with van der Waals surface area (Å²) in [7, 11) is 0. The van der Waals surface area contributed by atoms with Crippen molar-refractivity contribution in [2.75, 3.05) is 5.32 Å². The highest BCUT2D eigenvalue weighted by atomic mass is 35.5. The van der Waals surface area contributed by atoms with Gasteiger partial charge in [0.1, 0.15) is 12.0 Å². The Labute approximate surface area is 218 Å². The van der Waals surface area contributed by atoms with Crippen molar-refractivity contribution in [2.45, 2.75) is 13.1 Å². The Morgan fingerprint density at radius 3 is 2.70 bits per heavy atom. The van der Waals surface area contributed by atoms with E-state index in [1.165, 1.54) is 28.0 Å². The zero-order valence-electron chi connectivity index (χ0n) is 19.1. The fourth-order valence-corrected chi connectivity index (χ4v) is 4.73. The van der Waals surface area contributed by atoms with Crippen LogP contribution in [0.5, 0.6) is 0 Å². The molecule has 5 heterocycles. The van der Waals surface area contributed by atoms with E-state index in [4.69, 9.17) is 16.0 Å². The van der Waals surface area contributed by atoms with E-state index in [2.05, 4.69) is 27.0 Å². The summed E-state index contributed by atoms with van der Waals surface area (Å²) in [5, 5.41) is 7.10. The van der Waals surface area contributed by atoms with Crippen molar-refractivity contribution in [1.82, 2.24) is 24.3 Å². The fraction of sp³-hybridized carbons (Fsp3) is 0.0800. The van der Waals surface area contributed by atoms with Crippen molar-refractivity contribution in [2.24, 2.45) is 0 Å². The van der Waals surface area contributed by atoms with Crippen LogP contribution in [-0.2, 0) is 13.1 Å².